The van der Waals surface area contributed by atoms with Crippen molar-refractivity contribution < 1.29 is 0 Å². The zero-order valence-electron chi connectivity index (χ0n) is 12.2. The van der Waals surface area contributed by atoms with E-state index >= 15 is 0 Å². The van der Waals surface area contributed by atoms with E-state index in [1.54, 1.807) is 0 Å². The molecule has 0 saturated carbocycles. The van der Waals surface area contributed by atoms with Crippen LogP contribution in [0.3, 0.4) is 0 Å². The molecule has 19 heavy (non-hydrogen) atoms. The minimum atomic E-state index is 0.214. The van der Waals surface area contributed by atoms with Gasteiger partial charge in [0.2, 0.25) is 0 Å². The molecule has 2 rings (SSSR count). The fourth-order valence-electron chi connectivity index (χ4n) is 2.83. The molecule has 2 atom stereocenters. The van der Waals surface area contributed by atoms with Gasteiger partial charge >= 0.3 is 0 Å². The lowest BCUT2D eigenvalue weighted by molar-refractivity contribution is 0.169. The van der Waals surface area contributed by atoms with Crippen molar-refractivity contribution in [1.29, 1.82) is 0 Å². The molecule has 1 aliphatic rings. The van der Waals surface area contributed by atoms with Gasteiger partial charge in [0.15, 0.2) is 0 Å². The van der Waals surface area contributed by atoms with Crippen LogP contribution in [0.4, 0.5) is 0 Å². The Morgan fingerprint density at radius 3 is 2.84 bits per heavy atom. The molecular weight excluding hydrogens is 256 g/mol. The Morgan fingerprint density at radius 2 is 2.16 bits per heavy atom. The molecular formula is C16H25ClN2. The number of hydrogen-bond acceptors (Lipinski definition) is 2. The highest BCUT2D eigenvalue weighted by atomic mass is 35.5. The van der Waals surface area contributed by atoms with Gasteiger partial charge in [-0.05, 0) is 44.9 Å². The van der Waals surface area contributed by atoms with E-state index in [-0.39, 0.29) is 5.54 Å². The maximum atomic E-state index is 6.34. The third kappa shape index (κ3) is 3.50. The Morgan fingerprint density at radius 1 is 1.42 bits per heavy atom. The molecule has 0 aromatic heterocycles. The summed E-state index contributed by atoms with van der Waals surface area (Å²) >= 11 is 6.34. The zero-order valence-corrected chi connectivity index (χ0v) is 13.0. The van der Waals surface area contributed by atoms with Gasteiger partial charge in [0.1, 0.15) is 0 Å². The molecule has 1 heterocycles. The van der Waals surface area contributed by atoms with E-state index < -0.39 is 0 Å². The van der Waals surface area contributed by atoms with Crippen molar-refractivity contribution in [3.05, 3.63) is 34.9 Å². The number of rotatable bonds is 3. The molecule has 1 saturated heterocycles. The van der Waals surface area contributed by atoms with E-state index in [1.807, 2.05) is 12.1 Å². The zero-order chi connectivity index (χ0) is 13.9. The first-order valence-electron chi connectivity index (χ1n) is 7.29. The van der Waals surface area contributed by atoms with E-state index in [2.05, 4.69) is 43.1 Å². The van der Waals surface area contributed by atoms with Crippen molar-refractivity contribution in [1.82, 2.24) is 10.2 Å². The van der Waals surface area contributed by atoms with Gasteiger partial charge in [-0.1, -0.05) is 36.7 Å². The van der Waals surface area contributed by atoms with Crippen LogP contribution in [0, 0.1) is 0 Å². The highest BCUT2D eigenvalue weighted by molar-refractivity contribution is 6.31. The van der Waals surface area contributed by atoms with Crippen molar-refractivity contribution in [2.45, 2.75) is 45.2 Å². The predicted octanol–water partition coefficient (Wildman–Crippen LogP) is 3.87. The topological polar surface area (TPSA) is 15.3 Å². The van der Waals surface area contributed by atoms with Gasteiger partial charge in [-0.3, -0.25) is 4.90 Å². The Labute approximate surface area is 122 Å². The Hall–Kier alpha value is -0.570. The van der Waals surface area contributed by atoms with Gasteiger partial charge in [-0.25, -0.2) is 0 Å². The smallest absolute Gasteiger partial charge is 0.0453 e. The predicted molar refractivity (Wildman–Crippen MR) is 82.8 cm³/mol. The van der Waals surface area contributed by atoms with Crippen LogP contribution in [-0.4, -0.2) is 30.1 Å². The minimum absolute atomic E-state index is 0.214. The van der Waals surface area contributed by atoms with Gasteiger partial charge in [0.05, 0.1) is 0 Å². The van der Waals surface area contributed by atoms with E-state index in [1.165, 1.54) is 12.0 Å². The first-order chi connectivity index (χ1) is 9.06. The van der Waals surface area contributed by atoms with Crippen LogP contribution in [0.5, 0.6) is 0 Å². The van der Waals surface area contributed by atoms with Crippen LogP contribution in [0.25, 0.3) is 0 Å². The second-order valence-corrected chi connectivity index (χ2v) is 6.27. The van der Waals surface area contributed by atoms with Crippen LogP contribution < -0.4 is 5.32 Å². The van der Waals surface area contributed by atoms with Crippen molar-refractivity contribution in [2.24, 2.45) is 0 Å². The van der Waals surface area contributed by atoms with Gasteiger partial charge in [-0.2, -0.15) is 0 Å². The number of benzene rings is 1. The summed E-state index contributed by atoms with van der Waals surface area (Å²) in [7, 11) is 0. The Kier molecular flexibility index (Phi) is 4.88. The summed E-state index contributed by atoms with van der Waals surface area (Å²) in [5.74, 6) is 0. The molecule has 3 heteroatoms. The highest BCUT2D eigenvalue weighted by Crippen LogP contribution is 2.29. The normalized spacial score (nSPS) is 26.9. The highest BCUT2D eigenvalue weighted by Gasteiger charge is 2.30. The molecule has 0 spiro atoms. The molecule has 0 aliphatic carbocycles. The van der Waals surface area contributed by atoms with Crippen LogP contribution in [0.1, 0.15) is 45.2 Å². The van der Waals surface area contributed by atoms with Crippen LogP contribution in [0.15, 0.2) is 24.3 Å². The van der Waals surface area contributed by atoms with E-state index in [4.69, 9.17) is 11.6 Å². The van der Waals surface area contributed by atoms with Gasteiger partial charge in [0, 0.05) is 29.7 Å². The molecule has 1 aromatic rings. The van der Waals surface area contributed by atoms with Crippen molar-refractivity contribution >= 4 is 11.6 Å². The van der Waals surface area contributed by atoms with E-state index in [9.17, 15) is 0 Å². The monoisotopic (exact) mass is 280 g/mol. The Balaban J connectivity index is 2.18. The molecule has 0 bridgehead atoms. The standard InChI is InChI=1S/C16H25ClN2/c1-4-16(3)12-19(11-7-10-18-16)13(2)14-8-5-6-9-15(14)17/h5-6,8-9,13,18H,4,7,10-12H2,1-3H3. The molecule has 2 nitrogen and oxygen atoms in total. The molecule has 1 aliphatic heterocycles. The summed E-state index contributed by atoms with van der Waals surface area (Å²) in [4.78, 5) is 2.56. The lowest BCUT2D eigenvalue weighted by Crippen LogP contribution is -2.48. The lowest BCUT2D eigenvalue weighted by Gasteiger charge is -2.36. The maximum absolute atomic E-state index is 6.34. The minimum Gasteiger partial charge on any atom is -0.310 e. The molecule has 0 amide bonds. The average molecular weight is 281 g/mol. The molecule has 2 unspecified atom stereocenters. The summed E-state index contributed by atoms with van der Waals surface area (Å²) in [6.45, 7) is 10.2. The first-order valence-corrected chi connectivity index (χ1v) is 7.67. The summed E-state index contributed by atoms with van der Waals surface area (Å²) in [6, 6.07) is 8.59. The third-order valence-corrected chi connectivity index (χ3v) is 4.75. The van der Waals surface area contributed by atoms with Gasteiger partial charge in [0.25, 0.3) is 0 Å². The quantitative estimate of drug-likeness (QED) is 0.904. The van der Waals surface area contributed by atoms with Crippen molar-refractivity contribution in [3.8, 4) is 0 Å². The number of nitrogens with zero attached hydrogens (tertiary/aromatic N) is 1. The van der Waals surface area contributed by atoms with Gasteiger partial charge < -0.3 is 5.32 Å². The summed E-state index contributed by atoms with van der Waals surface area (Å²) in [6.07, 6.45) is 2.35. The number of hydrogen-bond donors (Lipinski definition) is 1. The molecule has 1 aromatic carbocycles. The third-order valence-electron chi connectivity index (χ3n) is 4.41. The molecule has 106 valence electrons. The second kappa shape index (κ2) is 6.25. The second-order valence-electron chi connectivity index (χ2n) is 5.86. The summed E-state index contributed by atoms with van der Waals surface area (Å²) < 4.78 is 0. The first kappa shape index (κ1) is 14.8. The van der Waals surface area contributed by atoms with Gasteiger partial charge in [-0.15, -0.1) is 0 Å². The van der Waals surface area contributed by atoms with E-state index in [0.717, 1.165) is 31.1 Å². The average Bonchev–Trinajstić information content (AvgIpc) is 2.61. The van der Waals surface area contributed by atoms with Crippen LogP contribution in [0.2, 0.25) is 5.02 Å². The van der Waals surface area contributed by atoms with E-state index in [0.29, 0.717) is 6.04 Å². The fourth-order valence-corrected chi connectivity index (χ4v) is 3.13. The summed E-state index contributed by atoms with van der Waals surface area (Å²) in [5, 5.41) is 4.56. The van der Waals surface area contributed by atoms with Crippen LogP contribution in [-0.2, 0) is 0 Å². The SMILES string of the molecule is CCC1(C)CN(C(C)c2ccccc2Cl)CCCN1. The molecule has 1 N–H and O–H groups in total. The fraction of sp³-hybridized carbons (Fsp3) is 0.625. The summed E-state index contributed by atoms with van der Waals surface area (Å²) in [5.41, 5.74) is 1.45. The number of halogens is 1. The molecule has 0 radical (unpaired) electrons. The van der Waals surface area contributed by atoms with Crippen molar-refractivity contribution in [2.75, 3.05) is 19.6 Å². The van der Waals surface area contributed by atoms with Crippen LogP contribution >= 0.6 is 11.6 Å². The number of nitrogens with one attached hydrogen (secondary N) is 1. The van der Waals surface area contributed by atoms with Crippen molar-refractivity contribution in [3.63, 3.8) is 0 Å². The maximum Gasteiger partial charge on any atom is 0.0453 e. The Bertz CT molecular complexity index is 421. The molecule has 1 fully saturated rings. The lowest BCUT2D eigenvalue weighted by atomic mass is 9.97. The largest absolute Gasteiger partial charge is 0.310 e.